The molecular formula is C22H28FN3O5. The van der Waals surface area contributed by atoms with E-state index in [0.29, 0.717) is 36.8 Å². The van der Waals surface area contributed by atoms with E-state index in [0.717, 1.165) is 31.7 Å². The SMILES string of the molecule is O=CN(O)C[C@@H](CC1CCCC1)C(=O)N1CCC[C@H]1C(=O)NC(=O)c1ccccc1F. The molecule has 0 aromatic heterocycles. The van der Waals surface area contributed by atoms with Gasteiger partial charge >= 0.3 is 0 Å². The minimum Gasteiger partial charge on any atom is -0.330 e. The van der Waals surface area contributed by atoms with Crippen molar-refractivity contribution in [3.8, 4) is 0 Å². The van der Waals surface area contributed by atoms with Crippen molar-refractivity contribution >= 4 is 24.1 Å². The molecule has 2 N–H and O–H groups in total. The highest BCUT2D eigenvalue weighted by atomic mass is 19.1. The lowest BCUT2D eigenvalue weighted by Gasteiger charge is -2.30. The molecule has 1 aromatic carbocycles. The Morgan fingerprint density at radius 3 is 2.58 bits per heavy atom. The van der Waals surface area contributed by atoms with E-state index in [4.69, 9.17) is 0 Å². The first-order valence-electron chi connectivity index (χ1n) is 10.7. The van der Waals surface area contributed by atoms with Crippen molar-refractivity contribution in [2.75, 3.05) is 13.1 Å². The Morgan fingerprint density at radius 2 is 1.90 bits per heavy atom. The molecule has 0 bridgehead atoms. The van der Waals surface area contributed by atoms with Crippen LogP contribution in [0.2, 0.25) is 0 Å². The Labute approximate surface area is 180 Å². The third-order valence-electron chi connectivity index (χ3n) is 6.16. The molecule has 8 nitrogen and oxygen atoms in total. The average molecular weight is 433 g/mol. The first-order chi connectivity index (χ1) is 14.9. The number of carbonyl (C=O) groups excluding carboxylic acids is 4. The largest absolute Gasteiger partial charge is 0.330 e. The molecule has 1 aromatic rings. The maximum absolute atomic E-state index is 13.8. The number of carbonyl (C=O) groups is 4. The van der Waals surface area contributed by atoms with Crippen LogP contribution in [0.4, 0.5) is 4.39 Å². The van der Waals surface area contributed by atoms with E-state index in [1.54, 1.807) is 0 Å². The number of rotatable bonds is 8. The molecule has 31 heavy (non-hydrogen) atoms. The second-order valence-corrected chi connectivity index (χ2v) is 8.30. The molecule has 2 aliphatic rings. The van der Waals surface area contributed by atoms with Gasteiger partial charge in [0.05, 0.1) is 18.0 Å². The van der Waals surface area contributed by atoms with Gasteiger partial charge in [-0.25, -0.2) is 9.45 Å². The van der Waals surface area contributed by atoms with Crippen LogP contribution in [-0.4, -0.2) is 58.4 Å². The first kappa shape index (κ1) is 22.9. The zero-order chi connectivity index (χ0) is 22.4. The smallest absolute Gasteiger partial charge is 0.260 e. The number of nitrogens with zero attached hydrogens (tertiary/aromatic N) is 2. The molecule has 1 saturated heterocycles. The van der Waals surface area contributed by atoms with Gasteiger partial charge in [0.1, 0.15) is 11.9 Å². The van der Waals surface area contributed by atoms with Crippen molar-refractivity contribution in [3.63, 3.8) is 0 Å². The van der Waals surface area contributed by atoms with Gasteiger partial charge in [-0.2, -0.15) is 0 Å². The van der Waals surface area contributed by atoms with E-state index in [-0.39, 0.29) is 24.4 Å². The van der Waals surface area contributed by atoms with Gasteiger partial charge in [0.2, 0.25) is 18.2 Å². The molecule has 1 saturated carbocycles. The van der Waals surface area contributed by atoms with Gasteiger partial charge in [-0.1, -0.05) is 37.8 Å². The van der Waals surface area contributed by atoms with Crippen LogP contribution in [0, 0.1) is 17.7 Å². The Morgan fingerprint density at radius 1 is 1.19 bits per heavy atom. The summed E-state index contributed by atoms with van der Waals surface area (Å²) in [6.07, 6.45) is 5.94. The summed E-state index contributed by atoms with van der Waals surface area (Å²) in [7, 11) is 0. The fourth-order valence-corrected chi connectivity index (χ4v) is 4.62. The fraction of sp³-hybridized carbons (Fsp3) is 0.545. The average Bonchev–Trinajstić information content (AvgIpc) is 3.45. The summed E-state index contributed by atoms with van der Waals surface area (Å²) in [4.78, 5) is 50.6. The number of hydroxylamine groups is 2. The number of imide groups is 1. The van der Waals surface area contributed by atoms with Crippen molar-refractivity contribution in [1.82, 2.24) is 15.3 Å². The normalized spacial score (nSPS) is 19.8. The Kier molecular flexibility index (Phi) is 7.73. The number of likely N-dealkylation sites (tertiary alicyclic amines) is 1. The molecular weight excluding hydrogens is 405 g/mol. The molecule has 1 aliphatic carbocycles. The van der Waals surface area contributed by atoms with E-state index in [9.17, 15) is 28.8 Å². The van der Waals surface area contributed by atoms with Crippen LogP contribution in [0.15, 0.2) is 24.3 Å². The quantitative estimate of drug-likeness (QED) is 0.283. The zero-order valence-electron chi connectivity index (χ0n) is 17.3. The third kappa shape index (κ3) is 5.66. The molecule has 2 fully saturated rings. The van der Waals surface area contributed by atoms with E-state index in [1.165, 1.54) is 23.1 Å². The minimum absolute atomic E-state index is 0.141. The Hall–Kier alpha value is -2.81. The standard InChI is InChI=1S/C22H28FN3O5/c23-18-9-4-3-8-17(18)20(28)24-21(29)19-10-5-11-26(19)22(30)16(13-25(31)14-27)12-15-6-1-2-7-15/h3-4,8-9,14-16,19,31H,1-2,5-7,10-13H2,(H,24,28,29)/t16-,19+/m1/s1. The van der Waals surface area contributed by atoms with Crippen molar-refractivity contribution in [2.24, 2.45) is 11.8 Å². The maximum atomic E-state index is 13.8. The van der Waals surface area contributed by atoms with Crippen molar-refractivity contribution < 1.29 is 28.8 Å². The predicted octanol–water partition coefficient (Wildman–Crippen LogP) is 2.12. The van der Waals surface area contributed by atoms with Gasteiger partial charge in [0.15, 0.2) is 0 Å². The van der Waals surface area contributed by atoms with E-state index in [1.807, 2.05) is 0 Å². The highest BCUT2D eigenvalue weighted by Crippen LogP contribution is 2.32. The van der Waals surface area contributed by atoms with Crippen LogP contribution >= 0.6 is 0 Å². The van der Waals surface area contributed by atoms with Crippen LogP contribution in [-0.2, 0) is 14.4 Å². The van der Waals surface area contributed by atoms with Gasteiger partial charge in [-0.05, 0) is 37.3 Å². The van der Waals surface area contributed by atoms with Crippen LogP contribution < -0.4 is 5.32 Å². The number of hydrogen-bond acceptors (Lipinski definition) is 5. The summed E-state index contributed by atoms with van der Waals surface area (Å²) < 4.78 is 13.8. The van der Waals surface area contributed by atoms with Crippen LogP contribution in [0.3, 0.4) is 0 Å². The van der Waals surface area contributed by atoms with E-state index >= 15 is 0 Å². The molecule has 0 spiro atoms. The topological polar surface area (TPSA) is 107 Å². The second kappa shape index (κ2) is 10.5. The molecule has 3 rings (SSSR count). The summed E-state index contributed by atoms with van der Waals surface area (Å²) in [6, 6.07) is 4.50. The van der Waals surface area contributed by atoms with Crippen molar-refractivity contribution in [3.05, 3.63) is 35.6 Å². The number of amides is 4. The highest BCUT2D eigenvalue weighted by molar-refractivity contribution is 6.07. The minimum atomic E-state index is -0.854. The van der Waals surface area contributed by atoms with Crippen LogP contribution in [0.1, 0.15) is 55.3 Å². The highest BCUT2D eigenvalue weighted by Gasteiger charge is 2.39. The van der Waals surface area contributed by atoms with E-state index < -0.39 is 29.6 Å². The molecule has 4 amide bonds. The summed E-state index contributed by atoms with van der Waals surface area (Å²) in [5, 5.41) is 12.3. The molecule has 1 aliphatic heterocycles. The van der Waals surface area contributed by atoms with Gasteiger partial charge in [-0.3, -0.25) is 29.7 Å². The third-order valence-corrected chi connectivity index (χ3v) is 6.16. The second-order valence-electron chi connectivity index (χ2n) is 8.30. The molecule has 168 valence electrons. The first-order valence-corrected chi connectivity index (χ1v) is 10.7. The molecule has 0 unspecified atom stereocenters. The lowest BCUT2D eigenvalue weighted by Crippen LogP contribution is -2.50. The van der Waals surface area contributed by atoms with Gasteiger partial charge in [0.25, 0.3) is 5.91 Å². The summed E-state index contributed by atoms with van der Waals surface area (Å²) >= 11 is 0. The predicted molar refractivity (Wildman–Crippen MR) is 108 cm³/mol. The van der Waals surface area contributed by atoms with Crippen LogP contribution in [0.25, 0.3) is 0 Å². The monoisotopic (exact) mass is 433 g/mol. The number of nitrogens with one attached hydrogen (secondary N) is 1. The number of benzene rings is 1. The summed E-state index contributed by atoms with van der Waals surface area (Å²) in [5.74, 6) is -2.85. The zero-order valence-corrected chi connectivity index (χ0v) is 17.3. The summed E-state index contributed by atoms with van der Waals surface area (Å²) in [6.45, 7) is 0.205. The molecule has 2 atom stereocenters. The van der Waals surface area contributed by atoms with Crippen molar-refractivity contribution in [2.45, 2.75) is 51.0 Å². The summed E-state index contributed by atoms with van der Waals surface area (Å²) in [5.41, 5.74) is -0.243. The Balaban J connectivity index is 1.69. The van der Waals surface area contributed by atoms with Gasteiger partial charge in [-0.15, -0.1) is 0 Å². The Bertz CT molecular complexity index is 827. The lowest BCUT2D eigenvalue weighted by molar-refractivity contribution is -0.158. The molecule has 0 radical (unpaired) electrons. The lowest BCUT2D eigenvalue weighted by atomic mass is 9.91. The van der Waals surface area contributed by atoms with Crippen molar-refractivity contribution in [1.29, 1.82) is 0 Å². The van der Waals surface area contributed by atoms with Gasteiger partial charge in [0, 0.05) is 6.54 Å². The van der Waals surface area contributed by atoms with E-state index in [2.05, 4.69) is 5.32 Å². The van der Waals surface area contributed by atoms with Gasteiger partial charge < -0.3 is 4.90 Å². The number of hydrogen-bond donors (Lipinski definition) is 2. The molecule has 1 heterocycles. The fourth-order valence-electron chi connectivity index (χ4n) is 4.62. The number of halogens is 1. The molecule has 9 heteroatoms. The maximum Gasteiger partial charge on any atom is 0.260 e. The van der Waals surface area contributed by atoms with Crippen LogP contribution in [0.5, 0.6) is 0 Å².